The maximum Gasteiger partial charge on any atom is 0.280 e. The maximum atomic E-state index is 13.1. The molecule has 0 aliphatic rings. The summed E-state index contributed by atoms with van der Waals surface area (Å²) in [5, 5.41) is 4.34. The molecule has 1 aromatic heterocycles. The highest BCUT2D eigenvalue weighted by molar-refractivity contribution is 5.84. The largest absolute Gasteiger partial charge is 0.493 e. The normalized spacial score (nSPS) is 11.9. The van der Waals surface area contributed by atoms with E-state index in [-0.39, 0.29) is 11.7 Å². The lowest BCUT2D eigenvalue weighted by molar-refractivity contribution is 0.0497. The van der Waals surface area contributed by atoms with Gasteiger partial charge in [-0.25, -0.2) is 9.07 Å². The van der Waals surface area contributed by atoms with Gasteiger partial charge in [0.2, 0.25) is 0 Å². The van der Waals surface area contributed by atoms with Gasteiger partial charge in [0.1, 0.15) is 5.82 Å². The maximum absolute atomic E-state index is 13.1. The minimum Gasteiger partial charge on any atom is -0.493 e. The van der Waals surface area contributed by atoms with Crippen molar-refractivity contribution < 1.29 is 23.4 Å². The third-order valence-electron chi connectivity index (χ3n) is 4.13. The van der Waals surface area contributed by atoms with Crippen LogP contribution in [0.25, 0.3) is 11.3 Å². The van der Waals surface area contributed by atoms with Gasteiger partial charge in [-0.2, -0.15) is 5.10 Å². The van der Waals surface area contributed by atoms with Gasteiger partial charge in [-0.15, -0.1) is 0 Å². The smallest absolute Gasteiger partial charge is 0.280 e. The Morgan fingerprint density at radius 1 is 1.00 bits per heavy atom. The summed E-state index contributed by atoms with van der Waals surface area (Å²) >= 11 is 0. The third-order valence-corrected chi connectivity index (χ3v) is 4.13. The second kappa shape index (κ2) is 8.01. The van der Waals surface area contributed by atoms with E-state index in [1.807, 2.05) is 6.07 Å². The van der Waals surface area contributed by atoms with E-state index < -0.39 is 6.10 Å². The van der Waals surface area contributed by atoms with E-state index >= 15 is 0 Å². The summed E-state index contributed by atoms with van der Waals surface area (Å²) in [6.45, 7) is 0. The van der Waals surface area contributed by atoms with Gasteiger partial charge >= 0.3 is 0 Å². The molecule has 0 fully saturated rings. The number of carbonyl (C=O) groups is 1. The second-order valence-corrected chi connectivity index (χ2v) is 5.72. The van der Waals surface area contributed by atoms with Crippen molar-refractivity contribution in [3.8, 4) is 22.8 Å². The van der Waals surface area contributed by atoms with Crippen LogP contribution < -0.4 is 9.47 Å². The molecule has 0 saturated carbocycles. The highest BCUT2D eigenvalue weighted by Gasteiger charge is 2.23. The molecule has 0 bridgehead atoms. The van der Waals surface area contributed by atoms with E-state index in [9.17, 15) is 9.18 Å². The number of benzene rings is 2. The fraction of sp³-hybridized carbons (Fsp3) is 0.200. The Morgan fingerprint density at radius 2 is 1.70 bits per heavy atom. The Balaban J connectivity index is 1.88. The number of methoxy groups -OCH3 is 3. The van der Waals surface area contributed by atoms with E-state index in [4.69, 9.17) is 14.2 Å². The zero-order valence-corrected chi connectivity index (χ0v) is 15.2. The average Bonchev–Trinajstić information content (AvgIpc) is 3.19. The van der Waals surface area contributed by atoms with Crippen molar-refractivity contribution in [2.24, 2.45) is 0 Å². The number of hydrogen-bond acceptors (Lipinski definition) is 5. The highest BCUT2D eigenvalue weighted by Crippen LogP contribution is 2.31. The number of halogens is 1. The van der Waals surface area contributed by atoms with Crippen LogP contribution in [-0.4, -0.2) is 37.0 Å². The number of nitrogens with zero attached hydrogens (tertiary/aromatic N) is 2. The first-order chi connectivity index (χ1) is 13.1. The van der Waals surface area contributed by atoms with Crippen LogP contribution in [0.1, 0.15) is 16.5 Å². The van der Waals surface area contributed by atoms with E-state index in [0.717, 1.165) is 5.56 Å². The molecule has 0 aliphatic heterocycles. The average molecular weight is 370 g/mol. The number of hydrogen-bond donors (Lipinski definition) is 0. The van der Waals surface area contributed by atoms with E-state index in [1.165, 1.54) is 36.1 Å². The van der Waals surface area contributed by atoms with Crippen molar-refractivity contribution in [3.05, 3.63) is 66.1 Å². The van der Waals surface area contributed by atoms with Crippen LogP contribution in [0.5, 0.6) is 11.5 Å². The molecule has 2 aromatic carbocycles. The van der Waals surface area contributed by atoms with Gasteiger partial charge in [-0.1, -0.05) is 12.1 Å². The van der Waals surface area contributed by atoms with Gasteiger partial charge in [0.05, 0.1) is 19.9 Å². The molecule has 0 N–H and O–H groups in total. The van der Waals surface area contributed by atoms with Gasteiger partial charge in [0, 0.05) is 18.9 Å². The first-order valence-electron chi connectivity index (χ1n) is 8.18. The Morgan fingerprint density at radius 3 is 2.33 bits per heavy atom. The molecule has 1 unspecified atom stereocenters. The lowest BCUT2D eigenvalue weighted by Gasteiger charge is -2.14. The van der Waals surface area contributed by atoms with Crippen molar-refractivity contribution in [2.75, 3.05) is 21.3 Å². The minimum absolute atomic E-state index is 0.379. The van der Waals surface area contributed by atoms with Crippen LogP contribution >= 0.6 is 0 Å². The van der Waals surface area contributed by atoms with Crippen LogP contribution in [0.3, 0.4) is 0 Å². The Labute approximate surface area is 156 Å². The summed E-state index contributed by atoms with van der Waals surface area (Å²) in [5.74, 6) is 0.413. The van der Waals surface area contributed by atoms with E-state index in [0.29, 0.717) is 22.8 Å². The van der Waals surface area contributed by atoms with Gasteiger partial charge in [0.25, 0.3) is 5.91 Å². The number of ether oxygens (including phenoxy) is 3. The van der Waals surface area contributed by atoms with Crippen LogP contribution in [0.4, 0.5) is 4.39 Å². The number of carbonyl (C=O) groups excluding carboxylic acids is 1. The Hall–Kier alpha value is -3.19. The van der Waals surface area contributed by atoms with Crippen molar-refractivity contribution >= 4 is 5.91 Å². The topological polar surface area (TPSA) is 62.6 Å². The molecular formula is C20H19FN2O4. The van der Waals surface area contributed by atoms with Crippen LogP contribution in [0.15, 0.2) is 54.7 Å². The van der Waals surface area contributed by atoms with Crippen molar-refractivity contribution in [1.29, 1.82) is 0 Å². The van der Waals surface area contributed by atoms with Crippen molar-refractivity contribution in [1.82, 2.24) is 9.78 Å². The predicted octanol–water partition coefficient (Wildman–Crippen LogP) is 3.73. The molecule has 0 aliphatic carbocycles. The Kier molecular flexibility index (Phi) is 5.52. The molecule has 7 heteroatoms. The first kappa shape index (κ1) is 18.6. The SMILES string of the molecule is COc1ccc(-c2ccn(C(=O)C(OC)c3ccc(F)cc3)n2)cc1OC. The minimum atomic E-state index is -0.885. The Bertz CT molecular complexity index is 937. The second-order valence-electron chi connectivity index (χ2n) is 5.72. The lowest BCUT2D eigenvalue weighted by atomic mass is 10.1. The molecule has 0 saturated heterocycles. The molecule has 3 aromatic rings. The standard InChI is InChI=1S/C20H19FN2O4/c1-25-17-9-6-14(12-18(17)26-2)16-10-11-23(22-16)20(24)19(27-3)13-4-7-15(21)8-5-13/h4-12,19H,1-3H3. The summed E-state index contributed by atoms with van der Waals surface area (Å²) in [6, 6.07) is 12.7. The summed E-state index contributed by atoms with van der Waals surface area (Å²) in [7, 11) is 4.53. The molecule has 1 atom stereocenters. The fourth-order valence-corrected chi connectivity index (χ4v) is 2.73. The summed E-state index contributed by atoms with van der Waals surface area (Å²) in [5.41, 5.74) is 1.92. The summed E-state index contributed by atoms with van der Waals surface area (Å²) in [6.07, 6.45) is 0.674. The first-order valence-corrected chi connectivity index (χ1v) is 8.18. The van der Waals surface area contributed by atoms with Crippen molar-refractivity contribution in [2.45, 2.75) is 6.10 Å². The molecule has 3 rings (SSSR count). The summed E-state index contributed by atoms with van der Waals surface area (Å²) < 4.78 is 30.2. The predicted molar refractivity (Wildman–Crippen MR) is 97.5 cm³/mol. The molecule has 0 spiro atoms. The zero-order chi connectivity index (χ0) is 19.4. The van der Waals surface area contributed by atoms with Crippen LogP contribution in [0.2, 0.25) is 0 Å². The number of rotatable bonds is 6. The molecule has 0 amide bonds. The van der Waals surface area contributed by atoms with Gasteiger partial charge < -0.3 is 14.2 Å². The number of aromatic nitrogens is 2. The monoisotopic (exact) mass is 370 g/mol. The van der Waals surface area contributed by atoms with Gasteiger partial charge in [-0.05, 0) is 42.0 Å². The molecular weight excluding hydrogens is 351 g/mol. The molecule has 6 nitrogen and oxygen atoms in total. The van der Waals surface area contributed by atoms with Crippen molar-refractivity contribution in [3.63, 3.8) is 0 Å². The van der Waals surface area contributed by atoms with Crippen LogP contribution in [-0.2, 0) is 4.74 Å². The fourth-order valence-electron chi connectivity index (χ4n) is 2.73. The lowest BCUT2D eigenvalue weighted by Crippen LogP contribution is -2.22. The molecule has 27 heavy (non-hydrogen) atoms. The molecule has 0 radical (unpaired) electrons. The van der Waals surface area contributed by atoms with Crippen LogP contribution in [0, 0.1) is 5.82 Å². The molecule has 1 heterocycles. The quantitative estimate of drug-likeness (QED) is 0.662. The van der Waals surface area contributed by atoms with Gasteiger partial charge in [-0.3, -0.25) is 4.79 Å². The zero-order valence-electron chi connectivity index (χ0n) is 15.2. The van der Waals surface area contributed by atoms with E-state index in [1.54, 1.807) is 38.6 Å². The molecule has 140 valence electrons. The third kappa shape index (κ3) is 3.83. The highest BCUT2D eigenvalue weighted by atomic mass is 19.1. The van der Waals surface area contributed by atoms with E-state index in [2.05, 4.69) is 5.10 Å². The summed E-state index contributed by atoms with van der Waals surface area (Å²) in [4.78, 5) is 12.8. The van der Waals surface area contributed by atoms with Gasteiger partial charge in [0.15, 0.2) is 17.6 Å².